The van der Waals surface area contributed by atoms with Gasteiger partial charge in [0.1, 0.15) is 0 Å². The summed E-state index contributed by atoms with van der Waals surface area (Å²) in [7, 11) is 0. The van der Waals surface area contributed by atoms with Crippen LogP contribution in [0.15, 0.2) is 188 Å². The van der Waals surface area contributed by atoms with Crippen LogP contribution >= 0.6 is 11.3 Å². The Morgan fingerprint density at radius 1 is 0.400 bits per heavy atom. The Morgan fingerprint density at radius 3 is 1.85 bits per heavy atom. The lowest BCUT2D eigenvalue weighted by atomic mass is 9.82. The van der Waals surface area contributed by atoms with E-state index in [1.54, 1.807) is 0 Å². The van der Waals surface area contributed by atoms with Crippen LogP contribution in [0.4, 0.5) is 0 Å². The predicted octanol–water partition coefficient (Wildman–Crippen LogP) is 15.2. The molecule has 0 N–H and O–H groups in total. The van der Waals surface area contributed by atoms with Crippen LogP contribution in [-0.2, 0) is 5.41 Å². The molecule has 0 atom stereocenters. The van der Waals surface area contributed by atoms with Gasteiger partial charge in [0.25, 0.3) is 0 Å². The summed E-state index contributed by atoms with van der Waals surface area (Å²) < 4.78 is 2.56. The number of thiophene rings is 1. The summed E-state index contributed by atoms with van der Waals surface area (Å²) in [5.74, 6) is 0.717. The Bertz CT molecular complexity index is 3490. The van der Waals surface area contributed by atoms with Crippen molar-refractivity contribution in [1.29, 1.82) is 0 Å². The minimum absolute atomic E-state index is 0.0516. The summed E-state index contributed by atoms with van der Waals surface area (Å²) in [6, 6.07) is 67.5. The first-order chi connectivity index (χ1) is 29.5. The summed E-state index contributed by atoms with van der Waals surface area (Å²) in [5, 5.41) is 6.18. The van der Waals surface area contributed by atoms with Crippen LogP contribution in [0.3, 0.4) is 0 Å². The third kappa shape index (κ3) is 5.38. The van der Waals surface area contributed by atoms with Gasteiger partial charge in [-0.15, -0.1) is 11.3 Å². The van der Waals surface area contributed by atoms with Crippen LogP contribution < -0.4 is 0 Å². The average molecular weight is 784 g/mol. The fourth-order valence-electron chi connectivity index (χ4n) is 9.53. The first-order valence-corrected chi connectivity index (χ1v) is 21.3. The van der Waals surface area contributed by atoms with Gasteiger partial charge in [-0.3, -0.25) is 0 Å². The summed E-state index contributed by atoms with van der Waals surface area (Å²) in [5.41, 5.74) is 15.7. The molecule has 0 saturated heterocycles. The lowest BCUT2D eigenvalue weighted by Crippen LogP contribution is -2.14. The van der Waals surface area contributed by atoms with Crippen LogP contribution in [0.5, 0.6) is 0 Å². The quantitative estimate of drug-likeness (QED) is 0.163. The van der Waals surface area contributed by atoms with Crippen molar-refractivity contribution in [2.45, 2.75) is 19.3 Å². The monoisotopic (exact) mass is 783 g/mol. The molecule has 1 aliphatic carbocycles. The third-order valence-corrected chi connectivity index (χ3v) is 13.7. The highest BCUT2D eigenvalue weighted by Gasteiger charge is 2.35. The Morgan fingerprint density at radius 2 is 1.03 bits per heavy atom. The molecule has 11 aromatic rings. The molecule has 282 valence electrons. The van der Waals surface area contributed by atoms with E-state index in [0.717, 1.165) is 44.9 Å². The Kier molecular flexibility index (Phi) is 7.75. The maximum atomic E-state index is 5.21. The van der Waals surface area contributed by atoms with Crippen molar-refractivity contribution in [2.75, 3.05) is 0 Å². The van der Waals surface area contributed by atoms with Crippen molar-refractivity contribution in [1.82, 2.24) is 15.0 Å². The molecule has 3 aromatic heterocycles. The second-order valence-corrected chi connectivity index (χ2v) is 17.4. The van der Waals surface area contributed by atoms with E-state index in [0.29, 0.717) is 5.82 Å². The van der Waals surface area contributed by atoms with Crippen molar-refractivity contribution in [3.63, 3.8) is 0 Å². The lowest BCUT2D eigenvalue weighted by Gasteiger charge is -2.21. The number of hydrogen-bond donors (Lipinski definition) is 0. The van der Waals surface area contributed by atoms with Gasteiger partial charge in [-0.05, 0) is 57.6 Å². The fourth-order valence-corrected chi connectivity index (χ4v) is 10.8. The van der Waals surface area contributed by atoms with Gasteiger partial charge in [0.15, 0.2) is 5.82 Å². The molecule has 4 heteroatoms. The maximum absolute atomic E-state index is 5.21. The SMILES string of the molecule is CC1(C)c2ccccc2-c2cc(-c3cc(-c4ccc(-c5cccc6c5sc5ccc7c(-c8ccccc8)nc8ccccc8c7c56)cc4)nc(-c4ccccc4)n3)ccc21. The molecule has 0 aliphatic heterocycles. The first kappa shape index (κ1) is 34.7. The number of hydrogen-bond acceptors (Lipinski definition) is 4. The predicted molar refractivity (Wildman–Crippen MR) is 252 cm³/mol. The molecule has 60 heavy (non-hydrogen) atoms. The molecule has 0 bridgehead atoms. The highest BCUT2D eigenvalue weighted by atomic mass is 32.1. The van der Waals surface area contributed by atoms with E-state index in [4.69, 9.17) is 15.0 Å². The molecule has 0 fully saturated rings. The van der Waals surface area contributed by atoms with Crippen LogP contribution in [0.1, 0.15) is 25.0 Å². The molecule has 3 nitrogen and oxygen atoms in total. The summed E-state index contributed by atoms with van der Waals surface area (Å²) in [6.45, 7) is 4.64. The molecular weight excluding hydrogens is 747 g/mol. The van der Waals surface area contributed by atoms with Gasteiger partial charge in [0, 0.05) is 64.0 Å². The molecule has 0 spiro atoms. The van der Waals surface area contributed by atoms with E-state index in [2.05, 4.69) is 184 Å². The molecule has 1 aliphatic rings. The van der Waals surface area contributed by atoms with Crippen molar-refractivity contribution in [3.8, 4) is 67.4 Å². The third-order valence-electron chi connectivity index (χ3n) is 12.5. The molecule has 12 rings (SSSR count). The summed E-state index contributed by atoms with van der Waals surface area (Å²) in [6.07, 6.45) is 0. The van der Waals surface area contributed by atoms with Gasteiger partial charge in [-0.1, -0.05) is 178 Å². The van der Waals surface area contributed by atoms with E-state index >= 15 is 0 Å². The van der Waals surface area contributed by atoms with Gasteiger partial charge >= 0.3 is 0 Å². The van der Waals surface area contributed by atoms with Crippen LogP contribution in [0.25, 0.3) is 109 Å². The Labute approximate surface area is 352 Å². The molecule has 0 radical (unpaired) electrons. The first-order valence-electron chi connectivity index (χ1n) is 20.5. The topological polar surface area (TPSA) is 38.7 Å². The van der Waals surface area contributed by atoms with E-state index in [-0.39, 0.29) is 5.41 Å². The number of rotatable bonds is 5. The Balaban J connectivity index is 0.984. The minimum Gasteiger partial charge on any atom is -0.247 e. The number of aromatic nitrogens is 3. The zero-order chi connectivity index (χ0) is 40.0. The fraction of sp³-hybridized carbons (Fsp3) is 0.0536. The van der Waals surface area contributed by atoms with Crippen molar-refractivity contribution in [2.24, 2.45) is 0 Å². The zero-order valence-corrected chi connectivity index (χ0v) is 34.0. The van der Waals surface area contributed by atoms with E-state index in [1.165, 1.54) is 69.7 Å². The molecule has 0 amide bonds. The van der Waals surface area contributed by atoms with Crippen LogP contribution in [0, 0.1) is 0 Å². The molecular formula is C56H37N3S. The van der Waals surface area contributed by atoms with Crippen LogP contribution in [-0.4, -0.2) is 15.0 Å². The minimum atomic E-state index is -0.0516. The van der Waals surface area contributed by atoms with Crippen molar-refractivity contribution in [3.05, 3.63) is 199 Å². The van der Waals surface area contributed by atoms with Gasteiger partial charge < -0.3 is 0 Å². The van der Waals surface area contributed by atoms with E-state index in [1.807, 2.05) is 29.5 Å². The Hall–Kier alpha value is -7.27. The number of nitrogens with zero attached hydrogens (tertiary/aromatic N) is 3. The van der Waals surface area contributed by atoms with Crippen molar-refractivity contribution >= 4 is 53.2 Å². The number of fused-ring (bicyclic) bond motifs is 10. The zero-order valence-electron chi connectivity index (χ0n) is 33.1. The smallest absolute Gasteiger partial charge is 0.160 e. The van der Waals surface area contributed by atoms with E-state index < -0.39 is 0 Å². The summed E-state index contributed by atoms with van der Waals surface area (Å²) >= 11 is 1.87. The highest BCUT2D eigenvalue weighted by molar-refractivity contribution is 7.26. The molecule has 8 aromatic carbocycles. The van der Waals surface area contributed by atoms with Crippen LogP contribution in [0.2, 0.25) is 0 Å². The van der Waals surface area contributed by atoms with Gasteiger partial charge in [0.05, 0.1) is 22.6 Å². The van der Waals surface area contributed by atoms with Gasteiger partial charge in [-0.25, -0.2) is 15.0 Å². The largest absolute Gasteiger partial charge is 0.247 e. The normalized spacial score (nSPS) is 13.0. The summed E-state index contributed by atoms with van der Waals surface area (Å²) in [4.78, 5) is 15.6. The maximum Gasteiger partial charge on any atom is 0.160 e. The standard InChI is InChI=1S/C56H37N3S/c1-56(2)45-22-11-9-18-40(45)44-32-38(28-30-46(44)56)49-33-48(58-55(59-49)37-16-7-4-8-17-37)35-26-24-34(25-27-35)39-20-13-21-43-52-50(60-54(39)43)31-29-42-51(52)41-19-10-12-23-47(41)57-53(42)36-14-5-3-6-15-36/h3-33H,1-2H3. The second-order valence-electron chi connectivity index (χ2n) is 16.3. The van der Waals surface area contributed by atoms with Gasteiger partial charge in [-0.2, -0.15) is 0 Å². The average Bonchev–Trinajstić information content (AvgIpc) is 3.81. The van der Waals surface area contributed by atoms with Crippen molar-refractivity contribution < 1.29 is 0 Å². The van der Waals surface area contributed by atoms with Gasteiger partial charge in [0.2, 0.25) is 0 Å². The number of para-hydroxylation sites is 1. The lowest BCUT2D eigenvalue weighted by molar-refractivity contribution is 0.660. The molecule has 0 saturated carbocycles. The van der Waals surface area contributed by atoms with E-state index in [9.17, 15) is 0 Å². The molecule has 0 unspecified atom stereocenters. The molecule has 3 heterocycles. The highest BCUT2D eigenvalue weighted by Crippen LogP contribution is 2.50. The number of pyridine rings is 1. The number of benzene rings is 8. The second kappa shape index (κ2) is 13.4.